The van der Waals surface area contributed by atoms with Gasteiger partial charge in [-0.25, -0.2) is 4.79 Å². The van der Waals surface area contributed by atoms with Gasteiger partial charge in [0.1, 0.15) is 6.10 Å². The highest BCUT2D eigenvalue weighted by Crippen LogP contribution is 2.27. The molecular weight excluding hydrogens is 224 g/mol. The van der Waals surface area contributed by atoms with Crippen molar-refractivity contribution in [2.24, 2.45) is 5.92 Å². The minimum absolute atomic E-state index is 0.134. The van der Waals surface area contributed by atoms with Gasteiger partial charge in [0.2, 0.25) is 0 Å². The first-order valence-electron chi connectivity index (χ1n) is 5.64. The van der Waals surface area contributed by atoms with Gasteiger partial charge in [-0.3, -0.25) is 4.79 Å². The van der Waals surface area contributed by atoms with Crippen LogP contribution in [0.15, 0.2) is 12.2 Å². The second kappa shape index (κ2) is 6.39. The zero-order valence-electron chi connectivity index (χ0n) is 9.93. The van der Waals surface area contributed by atoms with Gasteiger partial charge in [0.15, 0.2) is 0 Å². The van der Waals surface area contributed by atoms with Crippen LogP contribution in [0.1, 0.15) is 26.2 Å². The van der Waals surface area contributed by atoms with Gasteiger partial charge in [0.05, 0.1) is 12.7 Å². The predicted molar refractivity (Wildman–Crippen MR) is 60.1 cm³/mol. The number of aliphatic hydroxyl groups is 1. The number of hydrogen-bond acceptors (Lipinski definition) is 5. The average Bonchev–Trinajstić information content (AvgIpc) is 2.29. The number of carbonyl (C=O) groups excluding carboxylic acids is 2. The molecule has 1 fully saturated rings. The third-order valence-electron chi connectivity index (χ3n) is 2.87. The number of aliphatic hydroxyl groups excluding tert-OH is 1. The lowest BCUT2D eigenvalue weighted by molar-refractivity contribution is -0.154. The maximum Gasteiger partial charge on any atom is 0.333 e. The Kier molecular flexibility index (Phi) is 5.15. The molecule has 0 saturated heterocycles. The van der Waals surface area contributed by atoms with Gasteiger partial charge in [-0.1, -0.05) is 6.58 Å². The normalized spacial score (nSPS) is 28.2. The highest BCUT2D eigenvalue weighted by atomic mass is 16.6. The van der Waals surface area contributed by atoms with E-state index in [1.165, 1.54) is 0 Å². The molecule has 0 amide bonds. The van der Waals surface area contributed by atoms with Crippen molar-refractivity contribution in [3.8, 4) is 0 Å². The quantitative estimate of drug-likeness (QED) is 0.439. The summed E-state index contributed by atoms with van der Waals surface area (Å²) in [7, 11) is 0. The van der Waals surface area contributed by atoms with E-state index in [0.717, 1.165) is 6.42 Å². The number of ether oxygens (including phenoxy) is 2. The Bertz CT molecular complexity index is 299. The van der Waals surface area contributed by atoms with Crippen LogP contribution in [0.5, 0.6) is 0 Å². The van der Waals surface area contributed by atoms with Crippen LogP contribution < -0.4 is 0 Å². The van der Waals surface area contributed by atoms with Crippen LogP contribution in [-0.4, -0.2) is 36.4 Å². The van der Waals surface area contributed by atoms with Crippen LogP contribution >= 0.6 is 0 Å². The third-order valence-corrected chi connectivity index (χ3v) is 2.87. The van der Waals surface area contributed by atoms with Gasteiger partial charge >= 0.3 is 5.97 Å². The first kappa shape index (κ1) is 13.7. The average molecular weight is 242 g/mol. The van der Waals surface area contributed by atoms with E-state index in [1.54, 1.807) is 6.92 Å². The highest BCUT2D eigenvalue weighted by Gasteiger charge is 2.32. The summed E-state index contributed by atoms with van der Waals surface area (Å²) in [5, 5.41) is 9.82. The Morgan fingerprint density at radius 1 is 1.53 bits per heavy atom. The van der Waals surface area contributed by atoms with E-state index in [4.69, 9.17) is 4.74 Å². The van der Waals surface area contributed by atoms with Crippen molar-refractivity contribution < 1.29 is 24.2 Å². The Labute approximate surface area is 100 Å². The molecule has 1 saturated carbocycles. The largest absolute Gasteiger partial charge is 0.468 e. The second-order valence-electron chi connectivity index (χ2n) is 4.40. The van der Waals surface area contributed by atoms with Gasteiger partial charge in [-0.15, -0.1) is 0 Å². The fourth-order valence-electron chi connectivity index (χ4n) is 1.91. The van der Waals surface area contributed by atoms with Gasteiger partial charge in [0, 0.05) is 5.57 Å². The summed E-state index contributed by atoms with van der Waals surface area (Å²) >= 11 is 0. The zero-order chi connectivity index (χ0) is 12.8. The summed E-state index contributed by atoms with van der Waals surface area (Å²) in [6.45, 7) is 5.76. The molecule has 1 rings (SSSR count). The Balaban J connectivity index is 2.39. The van der Waals surface area contributed by atoms with E-state index in [-0.39, 0.29) is 5.92 Å². The highest BCUT2D eigenvalue weighted by molar-refractivity contribution is 5.87. The molecule has 0 bridgehead atoms. The number of rotatable bonds is 5. The van der Waals surface area contributed by atoms with E-state index in [0.29, 0.717) is 31.5 Å². The molecule has 5 nitrogen and oxygen atoms in total. The molecule has 0 heterocycles. The zero-order valence-corrected chi connectivity index (χ0v) is 9.93. The molecule has 17 heavy (non-hydrogen) atoms. The van der Waals surface area contributed by atoms with Crippen molar-refractivity contribution in [3.63, 3.8) is 0 Å². The van der Waals surface area contributed by atoms with E-state index in [1.807, 2.05) is 0 Å². The summed E-state index contributed by atoms with van der Waals surface area (Å²) in [5.41, 5.74) is 0.323. The topological polar surface area (TPSA) is 72.8 Å². The first-order valence-corrected chi connectivity index (χ1v) is 5.64. The molecule has 3 unspecified atom stereocenters. The van der Waals surface area contributed by atoms with E-state index in [9.17, 15) is 14.7 Å². The van der Waals surface area contributed by atoms with Crippen molar-refractivity contribution >= 4 is 12.4 Å². The second-order valence-corrected chi connectivity index (χ2v) is 4.40. The van der Waals surface area contributed by atoms with E-state index in [2.05, 4.69) is 11.3 Å². The molecule has 1 aliphatic rings. The van der Waals surface area contributed by atoms with Crippen molar-refractivity contribution in [2.45, 2.75) is 38.4 Å². The van der Waals surface area contributed by atoms with Crippen LogP contribution in [0.3, 0.4) is 0 Å². The number of esters is 1. The van der Waals surface area contributed by atoms with E-state index < -0.39 is 18.2 Å². The maximum absolute atomic E-state index is 11.3. The van der Waals surface area contributed by atoms with E-state index >= 15 is 0 Å². The van der Waals surface area contributed by atoms with Crippen LogP contribution in [0.4, 0.5) is 0 Å². The Morgan fingerprint density at radius 2 is 2.24 bits per heavy atom. The lowest BCUT2D eigenvalue weighted by atomic mass is 9.86. The standard InChI is InChI=1S/C12H18O5/c1-8(2)12(15)17-11-4-3-9(5-10(11)14)6-16-7-13/h7,9-11,14H,1,3-6H2,2H3. The fourth-order valence-corrected chi connectivity index (χ4v) is 1.91. The lowest BCUT2D eigenvalue weighted by Crippen LogP contribution is -2.38. The molecule has 1 aliphatic carbocycles. The molecule has 1 N–H and O–H groups in total. The number of hydrogen-bond donors (Lipinski definition) is 1. The first-order chi connectivity index (χ1) is 8.04. The molecule has 5 heteroatoms. The molecule has 96 valence electrons. The lowest BCUT2D eigenvalue weighted by Gasteiger charge is -2.32. The van der Waals surface area contributed by atoms with Gasteiger partial charge in [-0.2, -0.15) is 0 Å². The monoisotopic (exact) mass is 242 g/mol. The van der Waals surface area contributed by atoms with Crippen molar-refractivity contribution in [2.75, 3.05) is 6.61 Å². The summed E-state index contributed by atoms with van der Waals surface area (Å²) in [4.78, 5) is 21.4. The molecule has 0 spiro atoms. The van der Waals surface area contributed by atoms with Crippen LogP contribution in [0.25, 0.3) is 0 Å². The molecule has 3 atom stereocenters. The molecular formula is C12H18O5. The Morgan fingerprint density at radius 3 is 2.76 bits per heavy atom. The predicted octanol–water partition coefficient (Wildman–Crippen LogP) is 0.808. The Hall–Kier alpha value is -1.36. The molecule has 0 aromatic rings. The SMILES string of the molecule is C=C(C)C(=O)OC1CCC(COC=O)CC1O. The summed E-state index contributed by atoms with van der Waals surface area (Å²) in [6, 6.07) is 0. The van der Waals surface area contributed by atoms with Gasteiger partial charge in [-0.05, 0) is 32.1 Å². The third kappa shape index (κ3) is 4.19. The van der Waals surface area contributed by atoms with Crippen LogP contribution in [0, 0.1) is 5.92 Å². The van der Waals surface area contributed by atoms with Gasteiger partial charge in [0.25, 0.3) is 6.47 Å². The summed E-state index contributed by atoms with van der Waals surface area (Å²) in [5.74, 6) is -0.341. The molecule has 0 radical (unpaired) electrons. The van der Waals surface area contributed by atoms with Crippen molar-refractivity contribution in [1.29, 1.82) is 0 Å². The van der Waals surface area contributed by atoms with Crippen molar-refractivity contribution in [3.05, 3.63) is 12.2 Å². The smallest absolute Gasteiger partial charge is 0.333 e. The minimum atomic E-state index is -0.702. The fraction of sp³-hybridized carbons (Fsp3) is 0.667. The van der Waals surface area contributed by atoms with Gasteiger partial charge < -0.3 is 14.6 Å². The molecule has 0 aromatic carbocycles. The molecule has 0 aliphatic heterocycles. The number of carbonyl (C=O) groups is 2. The maximum atomic E-state index is 11.3. The van der Waals surface area contributed by atoms with Crippen LogP contribution in [0.2, 0.25) is 0 Å². The summed E-state index contributed by atoms with van der Waals surface area (Å²) in [6.07, 6.45) is 0.632. The summed E-state index contributed by atoms with van der Waals surface area (Å²) < 4.78 is 9.78. The van der Waals surface area contributed by atoms with Crippen molar-refractivity contribution in [1.82, 2.24) is 0 Å². The minimum Gasteiger partial charge on any atom is -0.468 e. The molecule has 0 aromatic heterocycles. The van der Waals surface area contributed by atoms with Crippen LogP contribution in [-0.2, 0) is 19.1 Å².